The third kappa shape index (κ3) is 6.92. The number of anilines is 1. The van der Waals surface area contributed by atoms with Crippen molar-refractivity contribution in [2.24, 2.45) is 0 Å². The molecule has 0 radical (unpaired) electrons. The molecule has 0 atom stereocenters. The lowest BCUT2D eigenvalue weighted by atomic mass is 10.2. The van der Waals surface area contributed by atoms with Crippen LogP contribution >= 0.6 is 23.4 Å². The first-order valence-electron chi connectivity index (χ1n) is 7.94. The minimum atomic E-state index is -0.667. The molecule has 2 aromatic rings. The molecular formula is C18H17ClN2O5S. The highest BCUT2D eigenvalue weighted by Gasteiger charge is 2.17. The van der Waals surface area contributed by atoms with Gasteiger partial charge >= 0.3 is 5.97 Å². The number of hydrogen-bond acceptors (Lipinski definition) is 6. The molecule has 0 aliphatic rings. The van der Waals surface area contributed by atoms with Crippen LogP contribution in [0.5, 0.6) is 0 Å². The van der Waals surface area contributed by atoms with E-state index in [2.05, 4.69) is 5.32 Å². The summed E-state index contributed by atoms with van der Waals surface area (Å²) < 4.78 is 4.90. The number of thioether (sulfide) groups is 1. The Hall–Kier alpha value is -2.58. The van der Waals surface area contributed by atoms with Crippen LogP contribution in [0.1, 0.15) is 12.0 Å². The Labute approximate surface area is 165 Å². The van der Waals surface area contributed by atoms with Crippen LogP contribution in [0.4, 0.5) is 11.4 Å². The number of amides is 1. The van der Waals surface area contributed by atoms with E-state index in [1.165, 1.54) is 23.9 Å². The zero-order valence-electron chi connectivity index (χ0n) is 14.4. The van der Waals surface area contributed by atoms with Crippen LogP contribution in [0.3, 0.4) is 0 Å². The van der Waals surface area contributed by atoms with E-state index in [0.717, 1.165) is 16.5 Å². The summed E-state index contributed by atoms with van der Waals surface area (Å²) in [6, 6.07) is 11.8. The van der Waals surface area contributed by atoms with Crippen LogP contribution in [0.2, 0.25) is 5.02 Å². The molecule has 2 rings (SSSR count). The van der Waals surface area contributed by atoms with Crippen molar-refractivity contribution < 1.29 is 19.2 Å². The van der Waals surface area contributed by atoms with Crippen LogP contribution in [-0.4, -0.2) is 29.2 Å². The first-order chi connectivity index (χ1) is 12.8. The lowest BCUT2D eigenvalue weighted by Crippen LogP contribution is -2.21. The Bertz CT molecular complexity index is 842. The zero-order valence-corrected chi connectivity index (χ0v) is 16.0. The monoisotopic (exact) mass is 408 g/mol. The molecule has 0 aliphatic heterocycles. The van der Waals surface area contributed by atoms with E-state index < -0.39 is 23.4 Å². The number of benzene rings is 2. The van der Waals surface area contributed by atoms with Gasteiger partial charge in [-0.25, -0.2) is 0 Å². The largest absolute Gasteiger partial charge is 0.456 e. The average molecular weight is 409 g/mol. The summed E-state index contributed by atoms with van der Waals surface area (Å²) in [5, 5.41) is 13.5. The lowest BCUT2D eigenvalue weighted by Gasteiger charge is -2.07. The van der Waals surface area contributed by atoms with Gasteiger partial charge < -0.3 is 10.1 Å². The molecule has 0 heterocycles. The van der Waals surface area contributed by atoms with Crippen molar-refractivity contribution in [2.75, 3.05) is 17.7 Å². The zero-order chi connectivity index (χ0) is 19.8. The quantitative estimate of drug-likeness (QED) is 0.304. The fourth-order valence-electron chi connectivity index (χ4n) is 2.05. The third-order valence-electron chi connectivity index (χ3n) is 3.39. The normalized spacial score (nSPS) is 10.3. The van der Waals surface area contributed by atoms with E-state index in [1.807, 2.05) is 31.2 Å². The Kier molecular flexibility index (Phi) is 7.63. The van der Waals surface area contributed by atoms with Gasteiger partial charge in [0.15, 0.2) is 6.61 Å². The summed E-state index contributed by atoms with van der Waals surface area (Å²) in [4.78, 5) is 34.9. The molecule has 0 spiro atoms. The number of rotatable bonds is 8. The summed E-state index contributed by atoms with van der Waals surface area (Å²) in [6.07, 6.45) is 0.146. The fourth-order valence-corrected chi connectivity index (χ4v) is 3.05. The number of nitro groups is 1. The number of aryl methyl sites for hydroxylation is 1. The van der Waals surface area contributed by atoms with Crippen molar-refractivity contribution >= 4 is 46.6 Å². The van der Waals surface area contributed by atoms with Crippen molar-refractivity contribution in [1.29, 1.82) is 0 Å². The van der Waals surface area contributed by atoms with Gasteiger partial charge in [0.2, 0.25) is 0 Å². The van der Waals surface area contributed by atoms with E-state index >= 15 is 0 Å². The Morgan fingerprint density at radius 1 is 1.22 bits per heavy atom. The predicted molar refractivity (Wildman–Crippen MR) is 104 cm³/mol. The van der Waals surface area contributed by atoms with E-state index in [1.54, 1.807) is 0 Å². The molecule has 142 valence electrons. The molecule has 2 aromatic carbocycles. The van der Waals surface area contributed by atoms with Crippen molar-refractivity contribution in [3.8, 4) is 0 Å². The van der Waals surface area contributed by atoms with Crippen molar-refractivity contribution in [3.63, 3.8) is 0 Å². The van der Waals surface area contributed by atoms with Crippen molar-refractivity contribution in [1.82, 2.24) is 0 Å². The average Bonchev–Trinajstić information content (AvgIpc) is 2.63. The van der Waals surface area contributed by atoms with Crippen LogP contribution < -0.4 is 5.32 Å². The maximum absolute atomic E-state index is 11.9. The number of carbonyl (C=O) groups is 2. The minimum Gasteiger partial charge on any atom is -0.456 e. The topological polar surface area (TPSA) is 98.5 Å². The van der Waals surface area contributed by atoms with Crippen LogP contribution in [-0.2, 0) is 14.3 Å². The van der Waals surface area contributed by atoms with E-state index in [9.17, 15) is 19.7 Å². The van der Waals surface area contributed by atoms with E-state index in [4.69, 9.17) is 16.3 Å². The number of halogens is 1. The number of carbonyl (C=O) groups excluding carboxylic acids is 2. The molecule has 1 amide bonds. The van der Waals surface area contributed by atoms with Gasteiger partial charge in [-0.05, 0) is 31.2 Å². The van der Waals surface area contributed by atoms with Crippen molar-refractivity contribution in [2.45, 2.75) is 18.2 Å². The molecule has 9 heteroatoms. The molecule has 0 saturated heterocycles. The number of ether oxygens (including phenoxy) is 1. The van der Waals surface area contributed by atoms with Crippen LogP contribution in [0, 0.1) is 17.0 Å². The number of hydrogen-bond donors (Lipinski definition) is 1. The minimum absolute atomic E-state index is 0.0135. The molecule has 0 fully saturated rings. The second-order valence-corrected chi connectivity index (χ2v) is 7.14. The fraction of sp³-hybridized carbons (Fsp3) is 0.222. The number of nitro benzene ring substituents is 1. The van der Waals surface area contributed by atoms with Crippen LogP contribution in [0.15, 0.2) is 47.4 Å². The molecule has 0 aromatic heterocycles. The highest BCUT2D eigenvalue weighted by atomic mass is 35.5. The molecule has 0 saturated carbocycles. The number of esters is 1. The van der Waals surface area contributed by atoms with Gasteiger partial charge in [0, 0.05) is 21.7 Å². The van der Waals surface area contributed by atoms with Crippen LogP contribution in [0.25, 0.3) is 0 Å². The Morgan fingerprint density at radius 3 is 2.59 bits per heavy atom. The van der Waals surface area contributed by atoms with Gasteiger partial charge in [0.1, 0.15) is 5.69 Å². The molecular weight excluding hydrogens is 392 g/mol. The van der Waals surface area contributed by atoms with Gasteiger partial charge in [-0.15, -0.1) is 11.8 Å². The standard InChI is InChI=1S/C18H17ClN2O5S/c1-12-2-5-14(6-3-12)27-9-8-18(23)26-11-17(22)20-15-7-4-13(19)10-16(15)21(24)25/h2-7,10H,8-9,11H2,1H3,(H,20,22). The van der Waals surface area contributed by atoms with Crippen molar-refractivity contribution in [3.05, 3.63) is 63.2 Å². The Balaban J connectivity index is 1.76. The highest BCUT2D eigenvalue weighted by Crippen LogP contribution is 2.27. The smallest absolute Gasteiger partial charge is 0.307 e. The predicted octanol–water partition coefficient (Wildman–Crippen LogP) is 4.22. The van der Waals surface area contributed by atoms with Gasteiger partial charge in [0.05, 0.1) is 11.3 Å². The number of nitrogens with zero attached hydrogens (tertiary/aromatic N) is 1. The maximum Gasteiger partial charge on any atom is 0.307 e. The van der Waals surface area contributed by atoms with Gasteiger partial charge in [-0.2, -0.15) is 0 Å². The highest BCUT2D eigenvalue weighted by molar-refractivity contribution is 7.99. The molecule has 0 aliphatic carbocycles. The van der Waals surface area contributed by atoms with E-state index in [-0.39, 0.29) is 22.8 Å². The molecule has 0 bridgehead atoms. The first-order valence-corrected chi connectivity index (χ1v) is 9.30. The molecule has 7 nitrogen and oxygen atoms in total. The SMILES string of the molecule is Cc1ccc(SCCC(=O)OCC(=O)Nc2ccc(Cl)cc2[N+](=O)[O-])cc1. The summed E-state index contributed by atoms with van der Waals surface area (Å²) in [5.41, 5.74) is 0.808. The summed E-state index contributed by atoms with van der Waals surface area (Å²) in [7, 11) is 0. The molecule has 27 heavy (non-hydrogen) atoms. The molecule has 1 N–H and O–H groups in total. The molecule has 0 unspecified atom stereocenters. The maximum atomic E-state index is 11.9. The summed E-state index contributed by atoms with van der Waals surface area (Å²) >= 11 is 7.22. The first kappa shape index (κ1) is 20.7. The van der Waals surface area contributed by atoms with Gasteiger partial charge in [-0.1, -0.05) is 29.3 Å². The Morgan fingerprint density at radius 2 is 1.93 bits per heavy atom. The van der Waals surface area contributed by atoms with Gasteiger partial charge in [0.25, 0.3) is 11.6 Å². The second-order valence-electron chi connectivity index (χ2n) is 5.54. The second kappa shape index (κ2) is 9.94. The summed E-state index contributed by atoms with van der Waals surface area (Å²) in [5.74, 6) is -0.665. The number of nitrogens with one attached hydrogen (secondary N) is 1. The third-order valence-corrected chi connectivity index (χ3v) is 4.64. The lowest BCUT2D eigenvalue weighted by molar-refractivity contribution is -0.383. The summed E-state index contributed by atoms with van der Waals surface area (Å²) in [6.45, 7) is 1.48. The van der Waals surface area contributed by atoms with Gasteiger partial charge in [-0.3, -0.25) is 19.7 Å². The van der Waals surface area contributed by atoms with E-state index in [0.29, 0.717) is 5.75 Å².